The van der Waals surface area contributed by atoms with Crippen molar-refractivity contribution < 1.29 is 44.4 Å². The molecule has 0 aliphatic heterocycles. The molecule has 0 radical (unpaired) electrons. The number of rotatable bonds is 7. The zero-order valence-corrected chi connectivity index (χ0v) is 21.1. The Balaban J connectivity index is 1.86. The first-order chi connectivity index (χ1) is 17.7. The van der Waals surface area contributed by atoms with Gasteiger partial charge in [-0.05, 0) is 57.5 Å². The standard InChI is InChI=1S/C26H29N3O9/c1-10(30)8-28-9-16(32)12-4-5-15(31)18-13(12)6-11-7-14-20(29(2)3)22(34)19(25(27)37)24(36)26(14,38)23(35)17(11)21(18)33/h4-5,11,14,20,28,31,34-35,38H,6-9H2,1-3H3,(H2,27,37)/t11-,14-,20+,26-/m0/s1. The first-order valence-corrected chi connectivity index (χ1v) is 12.0. The Morgan fingerprint density at radius 3 is 2.37 bits per heavy atom. The summed E-state index contributed by atoms with van der Waals surface area (Å²) in [7, 11) is 3.08. The van der Waals surface area contributed by atoms with Crippen molar-refractivity contribution in [3.8, 4) is 5.75 Å². The fourth-order valence-electron chi connectivity index (χ4n) is 5.96. The van der Waals surface area contributed by atoms with Gasteiger partial charge in [-0.25, -0.2) is 0 Å². The number of likely N-dealkylation sites (N-methyl/N-ethyl adjacent to an activating group) is 1. The van der Waals surface area contributed by atoms with E-state index in [1.54, 1.807) is 0 Å². The van der Waals surface area contributed by atoms with E-state index < -0.39 is 69.6 Å². The number of nitrogens with zero attached hydrogens (tertiary/aromatic N) is 1. The summed E-state index contributed by atoms with van der Waals surface area (Å²) < 4.78 is 0. The topological polar surface area (TPSA) is 208 Å². The summed E-state index contributed by atoms with van der Waals surface area (Å²) in [6.07, 6.45) is -0.0889. The van der Waals surface area contributed by atoms with Gasteiger partial charge in [-0.15, -0.1) is 0 Å². The SMILES string of the molecule is CC(=O)CNCC(=O)c1ccc(O)c2c1C[C@H]1C[C@H]3[C@@H](N(C)C)C(O)=C(C(N)=O)C(=O)[C@@]3(O)C(O)=C1C2=O. The lowest BCUT2D eigenvalue weighted by Crippen LogP contribution is -2.63. The van der Waals surface area contributed by atoms with Crippen LogP contribution in [0.2, 0.25) is 0 Å². The molecule has 1 amide bonds. The molecule has 12 nitrogen and oxygen atoms in total. The van der Waals surface area contributed by atoms with E-state index in [0.29, 0.717) is 0 Å². The van der Waals surface area contributed by atoms with Crippen LogP contribution in [0.3, 0.4) is 0 Å². The Morgan fingerprint density at radius 2 is 1.79 bits per heavy atom. The van der Waals surface area contributed by atoms with E-state index in [1.165, 1.54) is 32.0 Å². The lowest BCUT2D eigenvalue weighted by atomic mass is 9.58. The maximum Gasteiger partial charge on any atom is 0.255 e. The number of phenolic OH excluding ortho intramolecular Hbond substituents is 1. The van der Waals surface area contributed by atoms with Crippen LogP contribution in [0.4, 0.5) is 0 Å². The maximum atomic E-state index is 13.6. The number of hydrogen-bond acceptors (Lipinski definition) is 11. The molecule has 4 atom stereocenters. The third kappa shape index (κ3) is 3.92. The van der Waals surface area contributed by atoms with Gasteiger partial charge < -0.3 is 31.5 Å². The van der Waals surface area contributed by atoms with E-state index in [9.17, 15) is 44.4 Å². The number of aromatic hydroxyl groups is 1. The molecule has 0 unspecified atom stereocenters. The van der Waals surface area contributed by atoms with E-state index in [1.807, 2.05) is 0 Å². The van der Waals surface area contributed by atoms with E-state index >= 15 is 0 Å². The van der Waals surface area contributed by atoms with Crippen LogP contribution in [0, 0.1) is 11.8 Å². The highest BCUT2D eigenvalue weighted by atomic mass is 16.3. The van der Waals surface area contributed by atoms with E-state index in [2.05, 4.69) is 5.32 Å². The van der Waals surface area contributed by atoms with Crippen LogP contribution in [0.15, 0.2) is 34.8 Å². The third-order valence-corrected chi connectivity index (χ3v) is 7.57. The number of allylic oxidation sites excluding steroid dienone is 1. The molecule has 4 rings (SSSR count). The molecule has 0 spiro atoms. The third-order valence-electron chi connectivity index (χ3n) is 7.57. The number of nitrogens with one attached hydrogen (secondary N) is 1. The second-order valence-electron chi connectivity index (χ2n) is 10.2. The van der Waals surface area contributed by atoms with Crippen molar-refractivity contribution >= 4 is 29.0 Å². The smallest absolute Gasteiger partial charge is 0.255 e. The van der Waals surface area contributed by atoms with Crippen molar-refractivity contribution in [1.29, 1.82) is 0 Å². The summed E-state index contributed by atoms with van der Waals surface area (Å²) in [6.45, 7) is 1.14. The molecule has 0 heterocycles. The fourth-order valence-corrected chi connectivity index (χ4v) is 5.96. The highest BCUT2D eigenvalue weighted by molar-refractivity contribution is 6.25. The molecule has 3 aliphatic carbocycles. The van der Waals surface area contributed by atoms with Gasteiger partial charge in [0, 0.05) is 17.1 Å². The number of carbonyl (C=O) groups is 5. The Kier molecular flexibility index (Phi) is 6.76. The Bertz CT molecular complexity index is 1360. The number of aliphatic hydroxyl groups excluding tert-OH is 2. The second-order valence-corrected chi connectivity index (χ2v) is 10.2. The number of primary amides is 1. The van der Waals surface area contributed by atoms with Crippen LogP contribution >= 0.6 is 0 Å². The van der Waals surface area contributed by atoms with Crippen LogP contribution in [0.25, 0.3) is 0 Å². The minimum Gasteiger partial charge on any atom is -0.510 e. The number of ketones is 4. The van der Waals surface area contributed by atoms with Crippen molar-refractivity contribution in [3.05, 3.63) is 51.5 Å². The number of benzene rings is 1. The van der Waals surface area contributed by atoms with E-state index in [0.717, 1.165) is 6.07 Å². The minimum absolute atomic E-state index is 0.00325. The molecule has 38 heavy (non-hydrogen) atoms. The maximum absolute atomic E-state index is 13.6. The number of fused-ring (bicyclic) bond motifs is 3. The van der Waals surface area contributed by atoms with Gasteiger partial charge in [-0.1, -0.05) is 0 Å². The Labute approximate surface area is 217 Å². The van der Waals surface area contributed by atoms with Crippen LogP contribution < -0.4 is 11.1 Å². The minimum atomic E-state index is -2.73. The number of amides is 1. The molecule has 0 saturated carbocycles. The number of phenols is 1. The van der Waals surface area contributed by atoms with E-state index in [-0.39, 0.29) is 54.0 Å². The predicted molar refractivity (Wildman–Crippen MR) is 132 cm³/mol. The summed E-state index contributed by atoms with van der Waals surface area (Å²) in [5, 5.41) is 46.9. The Hall–Kier alpha value is -3.87. The first kappa shape index (κ1) is 27.2. The summed E-state index contributed by atoms with van der Waals surface area (Å²) in [4.78, 5) is 64.6. The predicted octanol–water partition coefficient (Wildman–Crippen LogP) is -0.518. The van der Waals surface area contributed by atoms with Gasteiger partial charge in [-0.3, -0.25) is 28.9 Å². The zero-order chi connectivity index (χ0) is 28.3. The molecule has 202 valence electrons. The van der Waals surface area contributed by atoms with Gasteiger partial charge in [-0.2, -0.15) is 0 Å². The van der Waals surface area contributed by atoms with Crippen molar-refractivity contribution in [2.45, 2.75) is 31.4 Å². The molecule has 0 fully saturated rings. The van der Waals surface area contributed by atoms with Gasteiger partial charge in [0.25, 0.3) is 5.91 Å². The van der Waals surface area contributed by atoms with Gasteiger partial charge in [0.1, 0.15) is 28.6 Å². The second kappa shape index (κ2) is 9.46. The lowest BCUT2D eigenvalue weighted by molar-refractivity contribution is -0.148. The van der Waals surface area contributed by atoms with E-state index in [4.69, 9.17) is 5.73 Å². The molecular weight excluding hydrogens is 498 g/mol. The molecule has 0 saturated heterocycles. The number of hydrogen-bond donors (Lipinski definition) is 6. The monoisotopic (exact) mass is 527 g/mol. The quantitative estimate of drug-likeness (QED) is 0.196. The highest BCUT2D eigenvalue weighted by Crippen LogP contribution is 2.52. The number of Topliss-reactive ketones (excluding diaryl/α,β-unsaturated/α-hetero) is 4. The van der Waals surface area contributed by atoms with Gasteiger partial charge in [0.2, 0.25) is 5.78 Å². The first-order valence-electron chi connectivity index (χ1n) is 12.0. The Morgan fingerprint density at radius 1 is 1.13 bits per heavy atom. The molecule has 1 aromatic carbocycles. The highest BCUT2D eigenvalue weighted by Gasteiger charge is 2.63. The summed E-state index contributed by atoms with van der Waals surface area (Å²) >= 11 is 0. The largest absolute Gasteiger partial charge is 0.510 e. The summed E-state index contributed by atoms with van der Waals surface area (Å²) in [5.74, 6) is -8.15. The summed E-state index contributed by atoms with van der Waals surface area (Å²) in [6, 6.07) is 1.42. The number of nitrogens with two attached hydrogens (primary N) is 1. The van der Waals surface area contributed by atoms with Crippen molar-refractivity contribution in [3.63, 3.8) is 0 Å². The van der Waals surface area contributed by atoms with Gasteiger partial charge >= 0.3 is 0 Å². The van der Waals surface area contributed by atoms with Crippen LogP contribution in [-0.2, 0) is 20.8 Å². The normalized spacial score (nSPS) is 26.7. The summed E-state index contributed by atoms with van der Waals surface area (Å²) in [5.41, 5.74) is 1.52. The van der Waals surface area contributed by atoms with Crippen molar-refractivity contribution in [1.82, 2.24) is 10.2 Å². The molecule has 3 aliphatic rings. The van der Waals surface area contributed by atoms with Crippen LogP contribution in [0.1, 0.15) is 39.6 Å². The molecule has 1 aromatic rings. The lowest BCUT2D eigenvalue weighted by Gasteiger charge is -2.50. The van der Waals surface area contributed by atoms with Crippen LogP contribution in [-0.4, -0.2) is 93.2 Å². The van der Waals surface area contributed by atoms with Gasteiger partial charge in [0.15, 0.2) is 17.2 Å². The molecule has 0 bridgehead atoms. The zero-order valence-electron chi connectivity index (χ0n) is 21.1. The fraction of sp³-hybridized carbons (Fsp3) is 0.423. The van der Waals surface area contributed by atoms with Crippen molar-refractivity contribution in [2.75, 3.05) is 27.2 Å². The average Bonchev–Trinajstić information content (AvgIpc) is 2.80. The molecule has 7 N–H and O–H groups in total. The van der Waals surface area contributed by atoms with Gasteiger partial charge in [0.05, 0.1) is 24.7 Å². The average molecular weight is 528 g/mol. The van der Waals surface area contributed by atoms with Crippen LogP contribution in [0.5, 0.6) is 5.75 Å². The number of aliphatic hydroxyl groups is 3. The molecule has 12 heteroatoms. The number of carbonyl (C=O) groups excluding carboxylic acids is 5. The molecular formula is C26H29N3O9. The molecule has 0 aromatic heterocycles. The van der Waals surface area contributed by atoms with Crippen molar-refractivity contribution in [2.24, 2.45) is 17.6 Å².